The molecule has 0 aliphatic carbocycles. The molecular formula is C19H23N3O3S. The van der Waals surface area contributed by atoms with E-state index in [2.05, 4.69) is 17.2 Å². The first kappa shape index (κ1) is 18.4. The Bertz CT molecular complexity index is 769. The van der Waals surface area contributed by atoms with Gasteiger partial charge in [-0.1, -0.05) is 25.5 Å². The molecule has 1 aromatic carbocycles. The molecule has 0 bridgehead atoms. The van der Waals surface area contributed by atoms with Gasteiger partial charge in [-0.3, -0.25) is 10.1 Å². The highest BCUT2D eigenvalue weighted by Crippen LogP contribution is 2.24. The van der Waals surface area contributed by atoms with Crippen molar-refractivity contribution >= 4 is 28.5 Å². The van der Waals surface area contributed by atoms with Crippen LogP contribution in [0.1, 0.15) is 47.8 Å². The first-order valence-corrected chi connectivity index (χ1v) is 9.81. The molecule has 0 spiro atoms. The maximum absolute atomic E-state index is 12.6. The number of piperidine rings is 1. The maximum atomic E-state index is 12.6. The topological polar surface area (TPSA) is 71.5 Å². The van der Waals surface area contributed by atoms with E-state index in [4.69, 9.17) is 4.74 Å². The van der Waals surface area contributed by atoms with Gasteiger partial charge < -0.3 is 9.64 Å². The van der Waals surface area contributed by atoms with Gasteiger partial charge in [0, 0.05) is 24.2 Å². The van der Waals surface area contributed by atoms with E-state index in [0.717, 1.165) is 37.0 Å². The summed E-state index contributed by atoms with van der Waals surface area (Å²) in [7, 11) is 0. The number of ether oxygens (including phenoxy) is 1. The van der Waals surface area contributed by atoms with Gasteiger partial charge in [0.1, 0.15) is 5.75 Å². The van der Waals surface area contributed by atoms with Crippen LogP contribution in [0.3, 0.4) is 0 Å². The van der Waals surface area contributed by atoms with Crippen LogP contribution in [0.5, 0.6) is 5.75 Å². The van der Waals surface area contributed by atoms with E-state index in [1.54, 1.807) is 35.4 Å². The number of amides is 2. The lowest BCUT2D eigenvalue weighted by Gasteiger charge is -2.26. The Hall–Kier alpha value is -2.41. The molecule has 0 unspecified atom stereocenters. The minimum absolute atomic E-state index is 0.269. The average Bonchev–Trinajstić information content (AvgIpc) is 3.10. The van der Waals surface area contributed by atoms with Crippen molar-refractivity contribution in [2.45, 2.75) is 39.0 Å². The number of aromatic nitrogens is 1. The number of likely N-dealkylation sites (tertiary alicyclic amines) is 1. The monoisotopic (exact) mass is 373 g/mol. The SMILES string of the molecule is CCCc1cnc(NC(=O)c2ccccc2OC(=O)N2CCCCC2)s1. The van der Waals surface area contributed by atoms with Crippen LogP contribution in [-0.4, -0.2) is 35.0 Å². The van der Waals surface area contributed by atoms with E-state index in [1.165, 1.54) is 11.3 Å². The first-order chi connectivity index (χ1) is 12.7. The van der Waals surface area contributed by atoms with E-state index in [-0.39, 0.29) is 11.7 Å². The minimum Gasteiger partial charge on any atom is -0.409 e. The van der Waals surface area contributed by atoms with Crippen LogP contribution in [0.15, 0.2) is 30.5 Å². The van der Waals surface area contributed by atoms with Gasteiger partial charge in [0.15, 0.2) is 5.13 Å². The van der Waals surface area contributed by atoms with Gasteiger partial charge in [0.2, 0.25) is 0 Å². The van der Waals surface area contributed by atoms with Crippen molar-refractivity contribution in [1.82, 2.24) is 9.88 Å². The Morgan fingerprint density at radius 2 is 2.00 bits per heavy atom. The molecule has 1 saturated heterocycles. The molecule has 2 amide bonds. The second kappa shape index (κ2) is 8.80. The van der Waals surface area contributed by atoms with Crippen molar-refractivity contribution in [3.8, 4) is 5.75 Å². The molecule has 1 fully saturated rings. The fourth-order valence-electron chi connectivity index (χ4n) is 2.87. The summed E-state index contributed by atoms with van der Waals surface area (Å²) in [4.78, 5) is 32.0. The fraction of sp³-hybridized carbons (Fsp3) is 0.421. The molecule has 1 aliphatic heterocycles. The molecule has 0 radical (unpaired) electrons. The first-order valence-electron chi connectivity index (χ1n) is 8.99. The van der Waals surface area contributed by atoms with E-state index in [9.17, 15) is 9.59 Å². The number of rotatable bonds is 5. The molecule has 0 saturated carbocycles. The summed E-state index contributed by atoms with van der Waals surface area (Å²) >= 11 is 1.46. The standard InChI is InChI=1S/C19H23N3O3S/c1-2-8-14-13-20-18(26-14)21-17(23)15-9-4-5-10-16(15)25-19(24)22-11-6-3-7-12-22/h4-5,9-10,13H,2-3,6-8,11-12H2,1H3,(H,20,21,23). The number of hydrogen-bond donors (Lipinski definition) is 1. The third-order valence-corrected chi connectivity index (χ3v) is 5.19. The number of para-hydroxylation sites is 1. The van der Waals surface area contributed by atoms with E-state index in [1.807, 2.05) is 0 Å². The van der Waals surface area contributed by atoms with Crippen LogP contribution in [0.2, 0.25) is 0 Å². The van der Waals surface area contributed by atoms with Gasteiger partial charge in [-0.15, -0.1) is 11.3 Å². The van der Waals surface area contributed by atoms with Crippen molar-refractivity contribution in [3.63, 3.8) is 0 Å². The van der Waals surface area contributed by atoms with Crippen molar-refractivity contribution < 1.29 is 14.3 Å². The summed E-state index contributed by atoms with van der Waals surface area (Å²) in [5.74, 6) is -0.0599. The third-order valence-electron chi connectivity index (χ3n) is 4.21. The quantitative estimate of drug-likeness (QED) is 0.847. The van der Waals surface area contributed by atoms with Gasteiger partial charge in [-0.2, -0.15) is 0 Å². The maximum Gasteiger partial charge on any atom is 0.415 e. The van der Waals surface area contributed by atoms with Crippen molar-refractivity contribution in [1.29, 1.82) is 0 Å². The number of hydrogen-bond acceptors (Lipinski definition) is 5. The van der Waals surface area contributed by atoms with Crippen molar-refractivity contribution in [2.75, 3.05) is 18.4 Å². The molecule has 6 nitrogen and oxygen atoms in total. The summed E-state index contributed by atoms with van der Waals surface area (Å²) in [6.07, 6.45) is 6.47. The van der Waals surface area contributed by atoms with Crippen molar-refractivity contribution in [2.24, 2.45) is 0 Å². The Kier molecular flexibility index (Phi) is 6.22. The zero-order chi connectivity index (χ0) is 18.4. The van der Waals surface area contributed by atoms with Crippen LogP contribution in [0.4, 0.5) is 9.93 Å². The van der Waals surface area contributed by atoms with Gasteiger partial charge >= 0.3 is 6.09 Å². The van der Waals surface area contributed by atoms with E-state index in [0.29, 0.717) is 23.8 Å². The highest BCUT2D eigenvalue weighted by Gasteiger charge is 2.21. The number of carbonyl (C=O) groups is 2. The molecule has 1 aliphatic rings. The molecule has 138 valence electrons. The number of benzene rings is 1. The Morgan fingerprint density at radius 1 is 1.23 bits per heavy atom. The lowest BCUT2D eigenvalue weighted by molar-refractivity contribution is 0.102. The summed E-state index contributed by atoms with van der Waals surface area (Å²) in [5.41, 5.74) is 0.324. The molecule has 1 N–H and O–H groups in total. The van der Waals surface area contributed by atoms with Crippen LogP contribution < -0.4 is 10.1 Å². The number of nitrogens with one attached hydrogen (secondary N) is 1. The number of thiazole rings is 1. The fourth-order valence-corrected chi connectivity index (χ4v) is 3.78. The predicted octanol–water partition coefficient (Wildman–Crippen LogP) is 4.33. The average molecular weight is 373 g/mol. The second-order valence-electron chi connectivity index (χ2n) is 6.25. The highest BCUT2D eigenvalue weighted by molar-refractivity contribution is 7.15. The number of carbonyl (C=O) groups excluding carboxylic acids is 2. The van der Waals surface area contributed by atoms with E-state index >= 15 is 0 Å². The zero-order valence-electron chi connectivity index (χ0n) is 14.9. The molecule has 2 aromatic rings. The van der Waals surface area contributed by atoms with Crippen LogP contribution in [0, 0.1) is 0 Å². The van der Waals surface area contributed by atoms with Crippen molar-refractivity contribution in [3.05, 3.63) is 40.9 Å². The summed E-state index contributed by atoms with van der Waals surface area (Å²) in [6.45, 7) is 3.50. The number of anilines is 1. The molecule has 1 aromatic heterocycles. The molecule has 26 heavy (non-hydrogen) atoms. The lowest BCUT2D eigenvalue weighted by atomic mass is 10.1. The molecular weight excluding hydrogens is 350 g/mol. The largest absolute Gasteiger partial charge is 0.415 e. The molecule has 0 atom stereocenters. The summed E-state index contributed by atoms with van der Waals surface area (Å²) in [5, 5.41) is 3.35. The summed E-state index contributed by atoms with van der Waals surface area (Å²) in [6, 6.07) is 6.78. The molecule has 3 rings (SSSR count). The normalized spacial score (nSPS) is 14.1. The van der Waals surface area contributed by atoms with Crippen LogP contribution in [0.25, 0.3) is 0 Å². The Morgan fingerprint density at radius 3 is 2.77 bits per heavy atom. The third kappa shape index (κ3) is 4.60. The van der Waals surface area contributed by atoms with Gasteiger partial charge in [-0.25, -0.2) is 9.78 Å². The Labute approximate surface area is 157 Å². The lowest BCUT2D eigenvalue weighted by Crippen LogP contribution is -2.37. The second-order valence-corrected chi connectivity index (χ2v) is 7.36. The number of aryl methyl sites for hydroxylation is 1. The zero-order valence-corrected chi connectivity index (χ0v) is 15.7. The smallest absolute Gasteiger partial charge is 0.409 e. The van der Waals surface area contributed by atoms with Gasteiger partial charge in [-0.05, 0) is 37.8 Å². The molecule has 2 heterocycles. The van der Waals surface area contributed by atoms with Gasteiger partial charge in [0.25, 0.3) is 5.91 Å². The van der Waals surface area contributed by atoms with Crippen LogP contribution >= 0.6 is 11.3 Å². The van der Waals surface area contributed by atoms with E-state index < -0.39 is 6.09 Å². The minimum atomic E-state index is -0.399. The predicted molar refractivity (Wildman–Crippen MR) is 102 cm³/mol. The molecule has 7 heteroatoms. The Balaban J connectivity index is 1.69. The number of nitrogens with zero attached hydrogens (tertiary/aromatic N) is 2. The van der Waals surface area contributed by atoms with Crippen LogP contribution in [-0.2, 0) is 6.42 Å². The van der Waals surface area contributed by atoms with Gasteiger partial charge in [0.05, 0.1) is 5.56 Å². The summed E-state index contributed by atoms with van der Waals surface area (Å²) < 4.78 is 5.50. The highest BCUT2D eigenvalue weighted by atomic mass is 32.1.